The molecule has 0 aromatic heterocycles. The number of rotatable bonds is 7. The summed E-state index contributed by atoms with van der Waals surface area (Å²) in [5, 5.41) is 0.0356. The van der Waals surface area contributed by atoms with Gasteiger partial charge in [0.15, 0.2) is 20.5 Å². The van der Waals surface area contributed by atoms with E-state index < -0.39 is 44.0 Å². The van der Waals surface area contributed by atoms with E-state index in [0.717, 1.165) is 10.5 Å². The fourth-order valence-corrected chi connectivity index (χ4v) is 4.95. The van der Waals surface area contributed by atoms with Gasteiger partial charge in [-0.15, -0.1) is 0 Å². The molecule has 6 nitrogen and oxygen atoms in total. The van der Waals surface area contributed by atoms with Crippen molar-refractivity contribution < 1.29 is 28.2 Å². The van der Waals surface area contributed by atoms with Crippen LogP contribution in [-0.4, -0.2) is 50.6 Å². The Morgan fingerprint density at radius 1 is 1.03 bits per heavy atom. The lowest BCUT2D eigenvalue weighted by molar-refractivity contribution is -0.163. The van der Waals surface area contributed by atoms with Crippen LogP contribution in [0.25, 0.3) is 0 Å². The van der Waals surface area contributed by atoms with Gasteiger partial charge in [0.1, 0.15) is 11.5 Å². The van der Waals surface area contributed by atoms with Crippen molar-refractivity contribution in [1.82, 2.24) is 0 Å². The molecule has 0 radical (unpaired) electrons. The first-order chi connectivity index (χ1) is 13.8. The Hall–Kier alpha value is -1.35. The van der Waals surface area contributed by atoms with Crippen LogP contribution in [-0.2, 0) is 28.2 Å². The van der Waals surface area contributed by atoms with Gasteiger partial charge in [-0.3, -0.25) is 9.59 Å². The van der Waals surface area contributed by atoms with Crippen LogP contribution in [0.1, 0.15) is 40.2 Å². The summed E-state index contributed by atoms with van der Waals surface area (Å²) in [5.41, 5.74) is 0.649. The van der Waals surface area contributed by atoms with Gasteiger partial charge in [0, 0.05) is 18.7 Å². The van der Waals surface area contributed by atoms with Gasteiger partial charge in [0.25, 0.3) is 0 Å². The second kappa shape index (κ2) is 9.85. The zero-order chi connectivity index (χ0) is 22.7. The monoisotopic (exact) mass is 454 g/mol. The zero-order valence-corrected chi connectivity index (χ0v) is 21.0. The molecule has 1 aliphatic heterocycles. The molecule has 2 rings (SSSR count). The van der Waals surface area contributed by atoms with E-state index >= 15 is 0 Å². The second-order valence-electron chi connectivity index (χ2n) is 9.19. The molecule has 0 N–H and O–H groups in total. The Morgan fingerprint density at radius 3 is 2.07 bits per heavy atom. The van der Waals surface area contributed by atoms with Crippen LogP contribution in [0.5, 0.6) is 0 Å². The third-order valence-corrected chi connectivity index (χ3v) is 11.2. The number of hydrogen-bond donors (Lipinski definition) is 0. The summed E-state index contributed by atoms with van der Waals surface area (Å²) in [7, 11) is -2.03. The van der Waals surface area contributed by atoms with Crippen molar-refractivity contribution in [2.75, 3.05) is 6.61 Å². The molecule has 0 saturated carbocycles. The molecule has 30 heavy (non-hydrogen) atoms. The first-order valence-corrected chi connectivity index (χ1v) is 14.0. The average Bonchev–Trinajstić information content (AvgIpc) is 2.90. The van der Waals surface area contributed by atoms with Crippen molar-refractivity contribution in [3.05, 3.63) is 29.8 Å². The molecule has 0 unspecified atom stereocenters. The van der Waals surface area contributed by atoms with E-state index in [1.54, 1.807) is 0 Å². The molecule has 1 fully saturated rings. The molecule has 1 aromatic carbocycles. The summed E-state index contributed by atoms with van der Waals surface area (Å²) < 4.78 is 23.7. The van der Waals surface area contributed by atoms with Crippen LogP contribution in [0.15, 0.2) is 29.2 Å². The Morgan fingerprint density at radius 2 is 1.57 bits per heavy atom. The van der Waals surface area contributed by atoms with Crippen LogP contribution in [0.4, 0.5) is 0 Å². The van der Waals surface area contributed by atoms with Crippen molar-refractivity contribution >= 4 is 32.0 Å². The standard InChI is InChI=1S/C22H34O6SSi/c1-14-9-11-17(12-10-14)29-21-20(27-16(3)24)19(26-15(2)23)18(28-21)13-25-30(7,8)22(4,5)6/h9-12,18-21H,13H2,1-8H3/t18-,19-,20+,21-/m1/s1. The number of aryl methyl sites for hydroxylation is 1. The van der Waals surface area contributed by atoms with Crippen molar-refractivity contribution in [3.8, 4) is 0 Å². The lowest BCUT2D eigenvalue weighted by Gasteiger charge is -2.37. The van der Waals surface area contributed by atoms with E-state index in [1.807, 2.05) is 31.2 Å². The lowest BCUT2D eigenvalue weighted by atomic mass is 10.1. The van der Waals surface area contributed by atoms with Gasteiger partial charge in [0.2, 0.25) is 0 Å². The highest BCUT2D eigenvalue weighted by molar-refractivity contribution is 7.99. The highest BCUT2D eigenvalue weighted by atomic mass is 32.2. The van der Waals surface area contributed by atoms with Gasteiger partial charge < -0.3 is 18.6 Å². The van der Waals surface area contributed by atoms with E-state index in [1.165, 1.54) is 25.6 Å². The summed E-state index contributed by atoms with van der Waals surface area (Å²) >= 11 is 1.45. The first-order valence-electron chi connectivity index (χ1n) is 10.2. The molecule has 0 amide bonds. The quantitative estimate of drug-likeness (QED) is 0.437. The minimum atomic E-state index is -2.03. The molecule has 8 heteroatoms. The third kappa shape index (κ3) is 6.57. The lowest BCUT2D eigenvalue weighted by Crippen LogP contribution is -2.46. The van der Waals surface area contributed by atoms with Crippen LogP contribution >= 0.6 is 11.8 Å². The highest BCUT2D eigenvalue weighted by Gasteiger charge is 2.50. The maximum absolute atomic E-state index is 11.8. The summed E-state index contributed by atoms with van der Waals surface area (Å²) in [6.07, 6.45) is -1.96. The van der Waals surface area contributed by atoms with Crippen molar-refractivity contribution in [3.63, 3.8) is 0 Å². The van der Waals surface area contributed by atoms with Crippen LogP contribution in [0, 0.1) is 6.92 Å². The molecule has 1 aromatic rings. The molecule has 1 aliphatic rings. The molecular weight excluding hydrogens is 420 g/mol. The van der Waals surface area contributed by atoms with Gasteiger partial charge in [-0.1, -0.05) is 50.2 Å². The van der Waals surface area contributed by atoms with Gasteiger partial charge in [-0.25, -0.2) is 0 Å². The van der Waals surface area contributed by atoms with Crippen LogP contribution in [0.2, 0.25) is 18.1 Å². The number of thioether (sulfide) groups is 1. The zero-order valence-electron chi connectivity index (χ0n) is 19.2. The summed E-state index contributed by atoms with van der Waals surface area (Å²) in [6.45, 7) is 15.8. The van der Waals surface area contributed by atoms with Crippen LogP contribution in [0.3, 0.4) is 0 Å². The van der Waals surface area contributed by atoms with E-state index in [9.17, 15) is 9.59 Å². The van der Waals surface area contributed by atoms with Gasteiger partial charge in [-0.2, -0.15) is 0 Å². The third-order valence-electron chi connectivity index (χ3n) is 5.56. The summed E-state index contributed by atoms with van der Waals surface area (Å²) in [5.74, 6) is -0.889. The smallest absolute Gasteiger partial charge is 0.303 e. The van der Waals surface area contributed by atoms with Crippen molar-refractivity contribution in [1.29, 1.82) is 0 Å². The van der Waals surface area contributed by atoms with E-state index in [-0.39, 0.29) is 11.6 Å². The molecule has 1 heterocycles. The largest absolute Gasteiger partial charge is 0.456 e. The topological polar surface area (TPSA) is 71.1 Å². The molecular formula is C22H34O6SSi. The van der Waals surface area contributed by atoms with Gasteiger partial charge in [-0.05, 0) is 37.2 Å². The number of esters is 2. The number of ether oxygens (including phenoxy) is 3. The van der Waals surface area contributed by atoms with Gasteiger partial charge in [0.05, 0.1) is 6.61 Å². The highest BCUT2D eigenvalue weighted by Crippen LogP contribution is 2.40. The molecule has 4 atom stereocenters. The molecule has 0 spiro atoms. The Bertz CT molecular complexity index is 743. The van der Waals surface area contributed by atoms with Crippen molar-refractivity contribution in [2.24, 2.45) is 0 Å². The van der Waals surface area contributed by atoms with E-state index in [0.29, 0.717) is 0 Å². The molecule has 168 valence electrons. The van der Waals surface area contributed by atoms with Crippen molar-refractivity contribution in [2.45, 2.75) is 88.3 Å². The number of benzene rings is 1. The fourth-order valence-electron chi connectivity index (χ4n) is 2.83. The van der Waals surface area contributed by atoms with Gasteiger partial charge >= 0.3 is 11.9 Å². The molecule has 0 aliphatic carbocycles. The minimum absolute atomic E-state index is 0.0356. The summed E-state index contributed by atoms with van der Waals surface area (Å²) in [6, 6.07) is 8.02. The predicted octanol–water partition coefficient (Wildman–Crippen LogP) is 4.70. The predicted molar refractivity (Wildman–Crippen MR) is 120 cm³/mol. The Kier molecular flexibility index (Phi) is 8.18. The number of carbonyl (C=O) groups is 2. The second-order valence-corrected chi connectivity index (χ2v) is 15.2. The maximum atomic E-state index is 11.8. The Labute approximate surface area is 185 Å². The number of hydrogen-bond acceptors (Lipinski definition) is 7. The normalized spacial score (nSPS) is 24.5. The van der Waals surface area contributed by atoms with E-state index in [4.69, 9.17) is 18.6 Å². The minimum Gasteiger partial charge on any atom is -0.456 e. The molecule has 1 saturated heterocycles. The fraction of sp³-hybridized carbons (Fsp3) is 0.636. The maximum Gasteiger partial charge on any atom is 0.303 e. The van der Waals surface area contributed by atoms with Crippen LogP contribution < -0.4 is 0 Å². The number of carbonyl (C=O) groups excluding carboxylic acids is 2. The Balaban J connectivity index is 2.24. The van der Waals surface area contributed by atoms with E-state index in [2.05, 4.69) is 33.9 Å². The molecule has 0 bridgehead atoms. The average molecular weight is 455 g/mol. The SMILES string of the molecule is CC(=O)O[C@H]1[C@H](OC(C)=O)[C@@H](CO[Si](C)(C)C(C)(C)C)O[C@@H]1Sc1ccc(C)cc1. The summed E-state index contributed by atoms with van der Waals surface area (Å²) in [4.78, 5) is 24.5. The first kappa shape index (κ1) is 24.9.